The van der Waals surface area contributed by atoms with E-state index in [1.165, 1.54) is 10.9 Å². The van der Waals surface area contributed by atoms with Crippen LogP contribution in [0.2, 0.25) is 0 Å². The monoisotopic (exact) mass is 337 g/mol. The van der Waals surface area contributed by atoms with Crippen LogP contribution >= 0.6 is 0 Å². The number of fused-ring (bicyclic) bond motifs is 1. The van der Waals surface area contributed by atoms with E-state index in [2.05, 4.69) is 9.97 Å². The average molecular weight is 337 g/mol. The molecule has 0 radical (unpaired) electrons. The molecule has 0 saturated carbocycles. The Balaban J connectivity index is 0.00000139. The van der Waals surface area contributed by atoms with Gasteiger partial charge in [0.05, 0.1) is 5.69 Å². The van der Waals surface area contributed by atoms with Crippen LogP contribution in [0.3, 0.4) is 0 Å². The molecule has 6 heteroatoms. The second-order valence-electron chi connectivity index (χ2n) is 5.66. The van der Waals surface area contributed by atoms with Crippen molar-refractivity contribution in [3.63, 3.8) is 0 Å². The first-order chi connectivity index (χ1) is 11.5. The molecule has 5 nitrogen and oxygen atoms in total. The van der Waals surface area contributed by atoms with Gasteiger partial charge in [-0.1, -0.05) is 27.2 Å². The predicted octanol–water partition coefficient (Wildman–Crippen LogP) is 4.05. The van der Waals surface area contributed by atoms with Crippen molar-refractivity contribution in [2.24, 2.45) is 0 Å². The van der Waals surface area contributed by atoms with Crippen LogP contribution in [-0.4, -0.2) is 31.5 Å². The number of aromatic nitrogens is 3. The SMILES string of the molecule is CC.CCCCC(=O)CC(O)C(F)n1cc(C)c2c(C)ncnc21. The molecular weight excluding hydrogens is 309 g/mol. The van der Waals surface area contributed by atoms with Crippen molar-refractivity contribution < 1.29 is 14.3 Å². The molecular formula is C18H28FN3O2. The number of Topliss-reactive ketones (excluding diaryl/α,β-unsaturated/α-hetero) is 1. The molecule has 0 fully saturated rings. The van der Waals surface area contributed by atoms with Gasteiger partial charge >= 0.3 is 0 Å². The van der Waals surface area contributed by atoms with Gasteiger partial charge in [0, 0.05) is 24.4 Å². The van der Waals surface area contributed by atoms with Crippen molar-refractivity contribution in [2.75, 3.05) is 0 Å². The summed E-state index contributed by atoms with van der Waals surface area (Å²) in [6, 6.07) is 0. The van der Waals surface area contributed by atoms with Gasteiger partial charge in [-0.2, -0.15) is 0 Å². The maximum Gasteiger partial charge on any atom is 0.203 e. The van der Waals surface area contributed by atoms with Crippen LogP contribution in [0, 0.1) is 13.8 Å². The van der Waals surface area contributed by atoms with Crippen molar-refractivity contribution >= 4 is 16.8 Å². The highest BCUT2D eigenvalue weighted by Crippen LogP contribution is 2.27. The summed E-state index contributed by atoms with van der Waals surface area (Å²) in [4.78, 5) is 19.9. The van der Waals surface area contributed by atoms with Crippen LogP contribution in [0.5, 0.6) is 0 Å². The molecule has 1 N–H and O–H groups in total. The number of rotatable bonds is 7. The van der Waals surface area contributed by atoms with E-state index in [1.54, 1.807) is 6.20 Å². The number of aliphatic hydroxyl groups excluding tert-OH is 1. The molecule has 2 atom stereocenters. The zero-order chi connectivity index (χ0) is 18.3. The van der Waals surface area contributed by atoms with Gasteiger partial charge in [-0.15, -0.1) is 0 Å². The summed E-state index contributed by atoms with van der Waals surface area (Å²) in [5, 5.41) is 10.8. The van der Waals surface area contributed by atoms with E-state index in [4.69, 9.17) is 0 Å². The summed E-state index contributed by atoms with van der Waals surface area (Å²) < 4.78 is 15.9. The van der Waals surface area contributed by atoms with Crippen LogP contribution < -0.4 is 0 Å². The Bertz CT molecular complexity index is 670. The Morgan fingerprint density at radius 2 is 2.00 bits per heavy atom. The standard InChI is InChI=1S/C16H22FN3O2.C2H6/c1-4-5-6-12(21)7-13(22)15(17)20-8-10(2)14-11(3)18-9-19-16(14)20;1-2/h8-9,13,15,22H,4-7H2,1-3H3;1-2H3. The molecule has 2 aromatic heterocycles. The van der Waals surface area contributed by atoms with Gasteiger partial charge in [-0.05, 0) is 25.8 Å². The number of hydrogen-bond acceptors (Lipinski definition) is 4. The Morgan fingerprint density at radius 3 is 2.62 bits per heavy atom. The lowest BCUT2D eigenvalue weighted by molar-refractivity contribution is -0.122. The topological polar surface area (TPSA) is 68.0 Å². The van der Waals surface area contributed by atoms with E-state index in [0.717, 1.165) is 29.5 Å². The molecule has 134 valence electrons. The first-order valence-electron chi connectivity index (χ1n) is 8.58. The van der Waals surface area contributed by atoms with Gasteiger partial charge in [-0.25, -0.2) is 14.4 Å². The van der Waals surface area contributed by atoms with Crippen LogP contribution in [0.25, 0.3) is 11.0 Å². The lowest BCUT2D eigenvalue weighted by atomic mass is 10.1. The number of hydrogen-bond donors (Lipinski definition) is 1. The van der Waals surface area contributed by atoms with Crippen molar-refractivity contribution in [3.05, 3.63) is 23.8 Å². The number of carbonyl (C=O) groups excluding carboxylic acids is 1. The smallest absolute Gasteiger partial charge is 0.203 e. The van der Waals surface area contributed by atoms with Crippen molar-refractivity contribution in [3.8, 4) is 0 Å². The molecule has 0 saturated heterocycles. The number of unbranched alkanes of at least 4 members (excludes halogenated alkanes) is 1. The Kier molecular flexibility index (Phi) is 7.98. The van der Waals surface area contributed by atoms with Crippen LogP contribution in [0.15, 0.2) is 12.5 Å². The van der Waals surface area contributed by atoms with Gasteiger partial charge in [0.2, 0.25) is 6.30 Å². The number of halogens is 1. The first-order valence-corrected chi connectivity index (χ1v) is 8.58. The van der Waals surface area contributed by atoms with Crippen molar-refractivity contribution in [1.82, 2.24) is 14.5 Å². The van der Waals surface area contributed by atoms with Gasteiger partial charge in [0.15, 0.2) is 0 Å². The molecule has 2 unspecified atom stereocenters. The van der Waals surface area contributed by atoms with E-state index < -0.39 is 12.4 Å². The molecule has 0 aliphatic rings. The first kappa shape index (κ1) is 20.2. The maximum absolute atomic E-state index is 14.6. The quantitative estimate of drug-likeness (QED) is 0.827. The van der Waals surface area contributed by atoms with E-state index in [-0.39, 0.29) is 12.2 Å². The number of aliphatic hydroxyl groups is 1. The van der Waals surface area contributed by atoms with E-state index >= 15 is 0 Å². The van der Waals surface area contributed by atoms with Crippen LogP contribution in [0.4, 0.5) is 4.39 Å². The molecule has 0 bridgehead atoms. The number of nitrogens with zero attached hydrogens (tertiary/aromatic N) is 3. The maximum atomic E-state index is 14.6. The van der Waals surface area contributed by atoms with Crippen molar-refractivity contribution in [1.29, 1.82) is 0 Å². The second-order valence-corrected chi connectivity index (χ2v) is 5.66. The largest absolute Gasteiger partial charge is 0.388 e. The molecule has 2 aromatic rings. The number of aryl methyl sites for hydroxylation is 2. The lowest BCUT2D eigenvalue weighted by Crippen LogP contribution is -2.23. The lowest BCUT2D eigenvalue weighted by Gasteiger charge is -2.17. The highest BCUT2D eigenvalue weighted by molar-refractivity contribution is 5.82. The molecule has 2 heterocycles. The fourth-order valence-electron chi connectivity index (χ4n) is 2.63. The van der Waals surface area contributed by atoms with Gasteiger partial charge in [0.25, 0.3) is 0 Å². The molecule has 0 aromatic carbocycles. The zero-order valence-electron chi connectivity index (χ0n) is 15.2. The van der Waals surface area contributed by atoms with E-state index in [1.807, 2.05) is 34.6 Å². The third kappa shape index (κ3) is 4.60. The fraction of sp³-hybridized carbons (Fsp3) is 0.611. The van der Waals surface area contributed by atoms with E-state index in [9.17, 15) is 14.3 Å². The van der Waals surface area contributed by atoms with Crippen molar-refractivity contribution in [2.45, 2.75) is 72.7 Å². The molecule has 0 aliphatic carbocycles. The molecule has 0 aliphatic heterocycles. The fourth-order valence-corrected chi connectivity index (χ4v) is 2.63. The second kappa shape index (κ2) is 9.47. The molecule has 2 rings (SSSR count). The highest BCUT2D eigenvalue weighted by atomic mass is 19.1. The number of carbonyl (C=O) groups is 1. The summed E-state index contributed by atoms with van der Waals surface area (Å²) >= 11 is 0. The van der Waals surface area contributed by atoms with Gasteiger partial charge < -0.3 is 5.11 Å². The summed E-state index contributed by atoms with van der Waals surface area (Å²) in [5.41, 5.74) is 2.06. The number of ketones is 1. The number of alkyl halides is 1. The van der Waals surface area contributed by atoms with E-state index in [0.29, 0.717) is 12.1 Å². The summed E-state index contributed by atoms with van der Waals surface area (Å²) in [6.45, 7) is 9.67. The minimum absolute atomic E-state index is 0.115. The third-order valence-corrected chi connectivity index (χ3v) is 3.82. The molecule has 0 spiro atoms. The summed E-state index contributed by atoms with van der Waals surface area (Å²) in [7, 11) is 0. The minimum atomic E-state index is -1.70. The Morgan fingerprint density at radius 1 is 1.33 bits per heavy atom. The molecule has 24 heavy (non-hydrogen) atoms. The Labute approximate surface area is 142 Å². The summed E-state index contributed by atoms with van der Waals surface area (Å²) in [5.74, 6) is -0.115. The third-order valence-electron chi connectivity index (χ3n) is 3.82. The highest BCUT2D eigenvalue weighted by Gasteiger charge is 2.25. The average Bonchev–Trinajstić information content (AvgIpc) is 2.92. The summed E-state index contributed by atoms with van der Waals surface area (Å²) in [6.07, 6.45) is 1.79. The predicted molar refractivity (Wildman–Crippen MR) is 93.7 cm³/mol. The normalized spacial score (nSPS) is 13.3. The minimum Gasteiger partial charge on any atom is -0.388 e. The van der Waals surface area contributed by atoms with Crippen LogP contribution in [0.1, 0.15) is 64.0 Å². The van der Waals surface area contributed by atoms with Crippen LogP contribution in [-0.2, 0) is 4.79 Å². The zero-order valence-corrected chi connectivity index (χ0v) is 15.2. The Hall–Kier alpha value is -1.82. The van der Waals surface area contributed by atoms with Gasteiger partial charge in [0.1, 0.15) is 23.9 Å². The molecule has 0 amide bonds. The van der Waals surface area contributed by atoms with Gasteiger partial charge in [-0.3, -0.25) is 9.36 Å².